The van der Waals surface area contributed by atoms with Crippen molar-refractivity contribution in [2.45, 2.75) is 77.0 Å². The average molecular weight is 685 g/mol. The van der Waals surface area contributed by atoms with Crippen molar-refractivity contribution in [1.82, 2.24) is 0 Å². The smallest absolute Gasteiger partial charge is 0.00565 e. The Morgan fingerprint density at radius 2 is 0.481 bits per heavy atom. The number of benzene rings is 4. The maximum atomic E-state index is 2.73. The van der Waals surface area contributed by atoms with Crippen LogP contribution in [0.3, 0.4) is 0 Å². The van der Waals surface area contributed by atoms with Crippen LogP contribution in [0.15, 0.2) is 121 Å². The van der Waals surface area contributed by atoms with E-state index in [4.69, 9.17) is 0 Å². The minimum Gasteiger partial charge on any atom is -0.0622 e. The Labute approximate surface area is 314 Å². The molecule has 0 N–H and O–H groups in total. The fourth-order valence-electron chi connectivity index (χ4n) is 17.4. The Bertz CT molecular complexity index is 1590. The third-order valence-electron chi connectivity index (χ3n) is 18.1. The minimum atomic E-state index is 0.644. The molecule has 7 aliphatic rings. The molecule has 16 unspecified atom stereocenters. The van der Waals surface area contributed by atoms with E-state index < -0.39 is 0 Å². The van der Waals surface area contributed by atoms with E-state index in [1.807, 2.05) is 0 Å². The van der Waals surface area contributed by atoms with Crippen LogP contribution in [-0.4, -0.2) is 0 Å². The molecule has 4 aromatic rings. The van der Waals surface area contributed by atoms with Crippen LogP contribution in [0.2, 0.25) is 0 Å². The highest BCUT2D eigenvalue weighted by atomic mass is 14.8. The first kappa shape index (κ1) is 32.3. The zero-order valence-corrected chi connectivity index (χ0v) is 31.9. The SMILES string of the molecule is CC1CC2C3CC(C)C4C(c5ccccc5)C(c5ccccc5)C5C(C)CC(C6CC(C)C7C(c8ccccc8)C(c8ccccc8)C1C7C26)C3C45. The van der Waals surface area contributed by atoms with Gasteiger partial charge in [0.05, 0.1) is 0 Å². The van der Waals surface area contributed by atoms with Crippen molar-refractivity contribution in [3.05, 3.63) is 144 Å². The van der Waals surface area contributed by atoms with Crippen LogP contribution in [0.25, 0.3) is 0 Å². The van der Waals surface area contributed by atoms with Gasteiger partial charge in [0.2, 0.25) is 0 Å². The van der Waals surface area contributed by atoms with Gasteiger partial charge in [0, 0.05) is 0 Å². The monoisotopic (exact) mass is 684 g/mol. The van der Waals surface area contributed by atoms with Gasteiger partial charge in [-0.05, 0) is 166 Å². The van der Waals surface area contributed by atoms with Crippen molar-refractivity contribution in [2.24, 2.45) is 94.7 Å². The van der Waals surface area contributed by atoms with E-state index >= 15 is 0 Å². The average Bonchev–Trinajstić information content (AvgIpc) is 3.74. The molecule has 52 heavy (non-hydrogen) atoms. The Hall–Kier alpha value is -3.12. The van der Waals surface area contributed by atoms with Gasteiger partial charge in [0.1, 0.15) is 0 Å². The lowest BCUT2D eigenvalue weighted by Gasteiger charge is -2.68. The lowest BCUT2D eigenvalue weighted by atomic mass is 9.37. The molecule has 0 spiro atoms. The lowest BCUT2D eigenvalue weighted by Crippen LogP contribution is -2.63. The van der Waals surface area contributed by atoms with Crippen molar-refractivity contribution >= 4 is 0 Å². The zero-order valence-electron chi connectivity index (χ0n) is 31.9. The van der Waals surface area contributed by atoms with E-state index in [1.54, 1.807) is 22.3 Å². The molecule has 16 atom stereocenters. The lowest BCUT2D eigenvalue weighted by molar-refractivity contribution is -0.199. The van der Waals surface area contributed by atoms with E-state index in [0.29, 0.717) is 23.7 Å². The second-order valence-electron chi connectivity index (χ2n) is 19.9. The predicted molar refractivity (Wildman–Crippen MR) is 214 cm³/mol. The standard InChI is InChI=1S/C52H60/c1-29-25-37-38-26-31(3)43-47(35-21-13-7-14-22-35)48(36-23-15-8-16-24-36)44-32(4)28-40(50(38)52(43)44)39-27-30(2)42-46(34-19-11-6-12-20-34)45(33-17-9-5-10-18-33)41(29)51(42)49(37)39/h5-24,29-32,37-52H,25-28H2,1-4H3. The Morgan fingerprint density at radius 3 is 0.692 bits per heavy atom. The van der Waals surface area contributed by atoms with Gasteiger partial charge in [-0.15, -0.1) is 0 Å². The van der Waals surface area contributed by atoms with Gasteiger partial charge < -0.3 is 0 Å². The molecule has 0 nitrogen and oxygen atoms in total. The number of fused-ring (bicyclic) bond motifs is 2. The molecule has 0 saturated heterocycles. The van der Waals surface area contributed by atoms with Crippen molar-refractivity contribution in [3.8, 4) is 0 Å². The summed E-state index contributed by atoms with van der Waals surface area (Å²) in [5.41, 5.74) is 6.52. The van der Waals surface area contributed by atoms with E-state index in [1.165, 1.54) is 25.7 Å². The molecule has 0 heterocycles. The van der Waals surface area contributed by atoms with Crippen LogP contribution in [0, 0.1) is 94.7 Å². The second kappa shape index (κ2) is 12.2. The molecule has 0 amide bonds. The summed E-state index contributed by atoms with van der Waals surface area (Å²) in [5, 5.41) is 0. The Morgan fingerprint density at radius 1 is 0.269 bits per heavy atom. The highest BCUT2D eigenvalue weighted by Crippen LogP contribution is 2.78. The van der Waals surface area contributed by atoms with E-state index in [9.17, 15) is 0 Å². The topological polar surface area (TPSA) is 0 Å². The first-order chi connectivity index (χ1) is 25.5. The molecule has 0 aliphatic heterocycles. The molecular formula is C52H60. The van der Waals surface area contributed by atoms with Crippen molar-refractivity contribution < 1.29 is 0 Å². The maximum absolute atomic E-state index is 2.73. The third kappa shape index (κ3) is 4.45. The van der Waals surface area contributed by atoms with Crippen LogP contribution in [-0.2, 0) is 0 Å². The first-order valence-corrected chi connectivity index (χ1v) is 21.7. The van der Waals surface area contributed by atoms with E-state index in [0.717, 1.165) is 94.7 Å². The quantitative estimate of drug-likeness (QED) is 0.201. The van der Waals surface area contributed by atoms with Gasteiger partial charge in [-0.25, -0.2) is 0 Å². The van der Waals surface area contributed by atoms with Crippen molar-refractivity contribution in [2.75, 3.05) is 0 Å². The third-order valence-corrected chi connectivity index (χ3v) is 18.1. The fourth-order valence-corrected chi connectivity index (χ4v) is 17.4. The molecule has 0 bridgehead atoms. The van der Waals surface area contributed by atoms with Gasteiger partial charge >= 0.3 is 0 Å². The summed E-state index contributed by atoms with van der Waals surface area (Å²) in [6.45, 7) is 10.9. The molecule has 7 aliphatic carbocycles. The summed E-state index contributed by atoms with van der Waals surface area (Å²) in [5.74, 6) is 16.3. The number of hydrogen-bond acceptors (Lipinski definition) is 0. The Balaban J connectivity index is 1.04. The second-order valence-corrected chi connectivity index (χ2v) is 19.9. The van der Waals surface area contributed by atoms with E-state index in [-0.39, 0.29) is 0 Å². The molecule has 4 aromatic carbocycles. The predicted octanol–water partition coefficient (Wildman–Crippen LogP) is 12.7. The van der Waals surface area contributed by atoms with Gasteiger partial charge in [0.25, 0.3) is 0 Å². The molecule has 268 valence electrons. The van der Waals surface area contributed by atoms with Crippen LogP contribution in [0.1, 0.15) is 99.3 Å². The van der Waals surface area contributed by atoms with Gasteiger partial charge in [0.15, 0.2) is 0 Å². The van der Waals surface area contributed by atoms with Gasteiger partial charge in [-0.2, -0.15) is 0 Å². The number of rotatable bonds is 4. The van der Waals surface area contributed by atoms with Crippen molar-refractivity contribution in [3.63, 3.8) is 0 Å². The van der Waals surface area contributed by atoms with Crippen LogP contribution >= 0.6 is 0 Å². The summed E-state index contributed by atoms with van der Waals surface area (Å²) in [6, 6.07) is 47.7. The molecule has 7 fully saturated rings. The summed E-state index contributed by atoms with van der Waals surface area (Å²) >= 11 is 0. The van der Waals surface area contributed by atoms with Crippen LogP contribution in [0.4, 0.5) is 0 Å². The van der Waals surface area contributed by atoms with Crippen molar-refractivity contribution in [1.29, 1.82) is 0 Å². The highest BCUT2D eigenvalue weighted by molar-refractivity contribution is 5.38. The highest BCUT2D eigenvalue weighted by Gasteiger charge is 2.72. The summed E-state index contributed by atoms with van der Waals surface area (Å²) in [6.07, 6.45) is 5.93. The Kier molecular flexibility index (Phi) is 7.58. The summed E-state index contributed by atoms with van der Waals surface area (Å²) < 4.78 is 0. The van der Waals surface area contributed by atoms with E-state index in [2.05, 4.69) is 149 Å². The molecule has 0 radical (unpaired) electrons. The molecule has 11 rings (SSSR count). The fraction of sp³-hybridized carbons (Fsp3) is 0.538. The molecule has 7 saturated carbocycles. The minimum absolute atomic E-state index is 0.644. The van der Waals surface area contributed by atoms with Gasteiger partial charge in [-0.3, -0.25) is 0 Å². The summed E-state index contributed by atoms with van der Waals surface area (Å²) in [4.78, 5) is 0. The molecular weight excluding hydrogens is 625 g/mol. The van der Waals surface area contributed by atoms with Crippen LogP contribution in [0.5, 0.6) is 0 Å². The normalized spacial score (nSPS) is 48.1. The van der Waals surface area contributed by atoms with Crippen LogP contribution < -0.4 is 0 Å². The number of hydrogen-bond donors (Lipinski definition) is 0. The van der Waals surface area contributed by atoms with Gasteiger partial charge in [-0.1, -0.05) is 149 Å². The largest absolute Gasteiger partial charge is 0.0622 e. The molecule has 0 aromatic heterocycles. The first-order valence-electron chi connectivity index (χ1n) is 21.7. The summed E-state index contributed by atoms with van der Waals surface area (Å²) in [7, 11) is 0. The molecule has 0 heteroatoms. The maximum Gasteiger partial charge on any atom is -0.00565 e. The zero-order chi connectivity index (χ0) is 34.8.